The van der Waals surface area contributed by atoms with Gasteiger partial charge >= 0.3 is 0 Å². The number of aromatic nitrogens is 1. The molecule has 0 bridgehead atoms. The van der Waals surface area contributed by atoms with Gasteiger partial charge in [-0.2, -0.15) is 0 Å². The second-order valence-corrected chi connectivity index (χ2v) is 10.7. The first-order valence-electron chi connectivity index (χ1n) is 13.7. The predicted octanol–water partition coefficient (Wildman–Crippen LogP) is 3.46. The van der Waals surface area contributed by atoms with Crippen LogP contribution in [0.3, 0.4) is 0 Å². The van der Waals surface area contributed by atoms with E-state index in [1.807, 2.05) is 56.3 Å². The van der Waals surface area contributed by atoms with E-state index < -0.39 is 12.1 Å². The second kappa shape index (κ2) is 9.91. The number of nitrogens with zero attached hydrogens (tertiary/aromatic N) is 1. The summed E-state index contributed by atoms with van der Waals surface area (Å²) in [5.41, 5.74) is 4.52. The van der Waals surface area contributed by atoms with Crippen LogP contribution < -0.4 is 10.6 Å². The predicted molar refractivity (Wildman–Crippen MR) is 144 cm³/mol. The number of aromatic amines is 1. The number of nitrogens with one attached hydrogen (secondary N) is 3. The third-order valence-corrected chi connectivity index (χ3v) is 8.48. The zero-order valence-electron chi connectivity index (χ0n) is 21.8. The van der Waals surface area contributed by atoms with Crippen molar-refractivity contribution in [3.63, 3.8) is 0 Å². The number of amides is 3. The molecule has 3 aliphatic rings. The van der Waals surface area contributed by atoms with Crippen molar-refractivity contribution in [1.82, 2.24) is 20.5 Å². The van der Waals surface area contributed by atoms with Gasteiger partial charge in [0.1, 0.15) is 12.1 Å². The van der Waals surface area contributed by atoms with E-state index in [0.29, 0.717) is 18.5 Å². The Morgan fingerprint density at radius 3 is 2.74 bits per heavy atom. The first-order valence-corrected chi connectivity index (χ1v) is 13.7. The topological polar surface area (TPSA) is 104 Å². The molecular formula is C30H34N4O4. The smallest absolute Gasteiger partial charge is 0.255 e. The van der Waals surface area contributed by atoms with Gasteiger partial charge < -0.3 is 25.3 Å². The van der Waals surface area contributed by atoms with Crippen LogP contribution in [0.4, 0.5) is 0 Å². The van der Waals surface area contributed by atoms with Crippen molar-refractivity contribution in [3.8, 4) is 0 Å². The molecule has 8 nitrogen and oxygen atoms in total. The molecule has 0 spiro atoms. The van der Waals surface area contributed by atoms with Gasteiger partial charge in [-0.25, -0.2) is 0 Å². The molecule has 3 N–H and O–H groups in total. The fourth-order valence-electron chi connectivity index (χ4n) is 6.22. The van der Waals surface area contributed by atoms with Crippen LogP contribution in [0.2, 0.25) is 0 Å². The summed E-state index contributed by atoms with van der Waals surface area (Å²) < 4.78 is 5.65. The van der Waals surface area contributed by atoms with E-state index in [1.54, 1.807) is 4.90 Å². The van der Waals surface area contributed by atoms with Crippen LogP contribution in [0.5, 0.6) is 0 Å². The highest BCUT2D eigenvalue weighted by molar-refractivity contribution is 6.04. The van der Waals surface area contributed by atoms with Gasteiger partial charge in [0.15, 0.2) is 0 Å². The number of rotatable bonds is 7. The van der Waals surface area contributed by atoms with Crippen LogP contribution in [-0.4, -0.2) is 58.9 Å². The maximum atomic E-state index is 14.0. The number of hydrogen-bond donors (Lipinski definition) is 3. The van der Waals surface area contributed by atoms with Crippen molar-refractivity contribution >= 4 is 28.6 Å². The third-order valence-electron chi connectivity index (χ3n) is 8.48. The Hall–Kier alpha value is -3.65. The van der Waals surface area contributed by atoms with Gasteiger partial charge in [0.2, 0.25) is 11.8 Å². The maximum Gasteiger partial charge on any atom is 0.255 e. The summed E-state index contributed by atoms with van der Waals surface area (Å²) in [6.45, 7) is 5.13. The molecule has 8 heteroatoms. The fourth-order valence-corrected chi connectivity index (χ4v) is 6.22. The van der Waals surface area contributed by atoms with Gasteiger partial charge in [0.25, 0.3) is 5.91 Å². The molecule has 1 aromatic heterocycles. The molecule has 1 fully saturated rings. The summed E-state index contributed by atoms with van der Waals surface area (Å²) in [5.74, 6) is -0.736. The number of benzene rings is 2. The van der Waals surface area contributed by atoms with E-state index in [0.717, 1.165) is 53.6 Å². The van der Waals surface area contributed by atoms with Crippen molar-refractivity contribution < 1.29 is 19.1 Å². The molecule has 1 saturated heterocycles. The summed E-state index contributed by atoms with van der Waals surface area (Å²) in [6, 6.07) is 13.8. The largest absolute Gasteiger partial charge is 0.376 e. The normalized spacial score (nSPS) is 23.5. The van der Waals surface area contributed by atoms with E-state index in [9.17, 15) is 14.4 Å². The van der Waals surface area contributed by atoms with Crippen LogP contribution in [0.15, 0.2) is 48.5 Å². The van der Waals surface area contributed by atoms with Crippen LogP contribution >= 0.6 is 0 Å². The Morgan fingerprint density at radius 1 is 1.16 bits per heavy atom. The summed E-state index contributed by atoms with van der Waals surface area (Å²) in [7, 11) is 0. The standard InChI is InChI=1S/C30H34N4O4/c1-3-17(2)25(29(36)31-16-18-9-8-14-38-18)33-28(35)24-15-22-19-10-6-7-13-23(19)32-26(22)27-20-11-4-5-12-21(20)30(37)34(24)27/h4-7,10-13,17-18,24-25,27,32H,3,8-9,14-16H2,1-2H3,(H,31,36)(H,33,35)/t17-,18+,24+,25+,27-/m1/s1. The second-order valence-electron chi connectivity index (χ2n) is 10.7. The van der Waals surface area contributed by atoms with E-state index in [-0.39, 0.29) is 35.8 Å². The number of fused-ring (bicyclic) bond motifs is 7. The maximum absolute atomic E-state index is 14.0. The third kappa shape index (κ3) is 4.07. The van der Waals surface area contributed by atoms with Crippen LogP contribution in [0.1, 0.15) is 66.3 Å². The van der Waals surface area contributed by atoms with Crippen LogP contribution in [0, 0.1) is 5.92 Å². The van der Waals surface area contributed by atoms with Crippen LogP contribution in [0.25, 0.3) is 10.9 Å². The Balaban J connectivity index is 1.32. The van der Waals surface area contributed by atoms with Crippen molar-refractivity contribution in [2.75, 3.05) is 13.2 Å². The van der Waals surface area contributed by atoms with Gasteiger partial charge in [-0.1, -0.05) is 56.7 Å². The van der Waals surface area contributed by atoms with E-state index in [2.05, 4.69) is 21.7 Å². The number of carbonyl (C=O) groups excluding carboxylic acids is 3. The lowest BCUT2D eigenvalue weighted by Gasteiger charge is -2.38. The van der Waals surface area contributed by atoms with Crippen LogP contribution in [-0.2, 0) is 20.7 Å². The number of ether oxygens (including phenoxy) is 1. The van der Waals surface area contributed by atoms with Crippen molar-refractivity contribution in [3.05, 3.63) is 70.9 Å². The van der Waals surface area contributed by atoms with E-state index in [1.165, 1.54) is 0 Å². The van der Waals surface area contributed by atoms with Gasteiger partial charge in [-0.15, -0.1) is 0 Å². The zero-order valence-corrected chi connectivity index (χ0v) is 21.8. The number of para-hydroxylation sites is 1. The Kier molecular flexibility index (Phi) is 6.43. The van der Waals surface area contributed by atoms with Crippen molar-refractivity contribution in [1.29, 1.82) is 0 Å². The highest BCUT2D eigenvalue weighted by Gasteiger charge is 2.49. The molecule has 2 aromatic carbocycles. The molecule has 0 saturated carbocycles. The summed E-state index contributed by atoms with van der Waals surface area (Å²) in [4.78, 5) is 46.1. The average Bonchev–Trinajstić information content (AvgIpc) is 3.66. The molecule has 3 aliphatic heterocycles. The minimum absolute atomic E-state index is 0.0207. The fraction of sp³-hybridized carbons (Fsp3) is 0.433. The molecule has 0 unspecified atom stereocenters. The van der Waals surface area contributed by atoms with Gasteiger partial charge in [0, 0.05) is 41.7 Å². The number of carbonyl (C=O) groups is 3. The highest BCUT2D eigenvalue weighted by atomic mass is 16.5. The van der Waals surface area contributed by atoms with Gasteiger partial charge in [0.05, 0.1) is 12.1 Å². The van der Waals surface area contributed by atoms with Crippen molar-refractivity contribution in [2.45, 2.75) is 63.8 Å². The molecule has 6 rings (SSSR count). The minimum Gasteiger partial charge on any atom is -0.376 e. The summed E-state index contributed by atoms with van der Waals surface area (Å²) >= 11 is 0. The Labute approximate surface area is 222 Å². The molecule has 0 radical (unpaired) electrons. The summed E-state index contributed by atoms with van der Waals surface area (Å²) in [6.07, 6.45) is 3.05. The monoisotopic (exact) mass is 514 g/mol. The number of H-pyrrole nitrogens is 1. The molecule has 38 heavy (non-hydrogen) atoms. The lowest BCUT2D eigenvalue weighted by atomic mass is 9.89. The van der Waals surface area contributed by atoms with Gasteiger partial charge in [-0.05, 0) is 42.0 Å². The quantitative estimate of drug-likeness (QED) is 0.449. The van der Waals surface area contributed by atoms with E-state index in [4.69, 9.17) is 4.74 Å². The highest BCUT2D eigenvalue weighted by Crippen LogP contribution is 2.46. The minimum atomic E-state index is -0.732. The molecule has 5 atom stereocenters. The molecule has 3 aromatic rings. The molecule has 4 heterocycles. The Bertz CT molecular complexity index is 1390. The molecule has 198 valence electrons. The zero-order chi connectivity index (χ0) is 26.4. The van der Waals surface area contributed by atoms with Crippen molar-refractivity contribution in [2.24, 2.45) is 5.92 Å². The first kappa shape index (κ1) is 24.7. The number of hydrogen-bond acceptors (Lipinski definition) is 4. The van der Waals surface area contributed by atoms with E-state index >= 15 is 0 Å². The lowest BCUT2D eigenvalue weighted by molar-refractivity contribution is -0.133. The summed E-state index contributed by atoms with van der Waals surface area (Å²) in [5, 5.41) is 7.10. The SMILES string of the molecule is CC[C@@H](C)[C@H](NC(=O)[C@@H]1Cc2c([nH]c3ccccc23)[C@H]2c3ccccc3C(=O)N21)C(=O)NC[C@@H]1CCCO1. The average molecular weight is 515 g/mol. The molecule has 3 amide bonds. The lowest BCUT2D eigenvalue weighted by Crippen LogP contribution is -2.58. The van der Waals surface area contributed by atoms with Gasteiger partial charge in [-0.3, -0.25) is 14.4 Å². The molecular weight excluding hydrogens is 480 g/mol. The molecule has 0 aliphatic carbocycles. The Morgan fingerprint density at radius 2 is 1.95 bits per heavy atom. The first-order chi connectivity index (χ1) is 18.5.